The van der Waals surface area contributed by atoms with Crippen LogP contribution in [0, 0.1) is 5.92 Å². The van der Waals surface area contributed by atoms with Gasteiger partial charge in [-0.15, -0.1) is 0 Å². The van der Waals surface area contributed by atoms with Crippen molar-refractivity contribution in [3.05, 3.63) is 12.2 Å². The number of nitrogens with zero attached hydrogens (tertiary/aromatic N) is 1. The number of Topliss-reactive ketones (excluding diaryl/α,β-unsaturated/α-hetero) is 2. The van der Waals surface area contributed by atoms with E-state index in [1.807, 2.05) is 53.7 Å². The Kier molecular flexibility index (Phi) is 10.2. The smallest absolute Gasteiger partial charge is 0.409 e. The highest BCUT2D eigenvalue weighted by Crippen LogP contribution is 2.21. The Labute approximate surface area is 182 Å². The Bertz CT molecular complexity index is 632. The van der Waals surface area contributed by atoms with Crippen molar-refractivity contribution in [3.63, 3.8) is 0 Å². The summed E-state index contributed by atoms with van der Waals surface area (Å²) in [6.45, 7) is 12.2. The zero-order chi connectivity index (χ0) is 22.9. The van der Waals surface area contributed by atoms with Crippen LogP contribution in [0.2, 0.25) is 0 Å². The number of ketones is 2. The van der Waals surface area contributed by atoms with Crippen molar-refractivity contribution in [1.82, 2.24) is 15.5 Å². The van der Waals surface area contributed by atoms with Crippen LogP contribution in [0.1, 0.15) is 67.2 Å². The molecule has 0 saturated carbocycles. The summed E-state index contributed by atoms with van der Waals surface area (Å²) >= 11 is 0. The topological polar surface area (TPSA) is 87.7 Å². The van der Waals surface area contributed by atoms with Gasteiger partial charge in [0.1, 0.15) is 6.61 Å². The van der Waals surface area contributed by atoms with Gasteiger partial charge in [0.15, 0.2) is 11.6 Å². The molecule has 0 unspecified atom stereocenters. The summed E-state index contributed by atoms with van der Waals surface area (Å²) in [6.07, 6.45) is 6.11. The van der Waals surface area contributed by atoms with E-state index in [4.69, 9.17) is 4.74 Å². The van der Waals surface area contributed by atoms with Gasteiger partial charge in [0, 0.05) is 25.6 Å². The summed E-state index contributed by atoms with van der Waals surface area (Å²) in [5.41, 5.74) is -1.58. The van der Waals surface area contributed by atoms with E-state index in [0.717, 1.165) is 12.8 Å². The number of carbonyl (C=O) groups excluding carboxylic acids is 3. The summed E-state index contributed by atoms with van der Waals surface area (Å²) < 4.78 is 5.27. The molecule has 0 aromatic heterocycles. The highest BCUT2D eigenvalue weighted by molar-refractivity contribution is 5.93. The Morgan fingerprint density at radius 3 is 2.43 bits per heavy atom. The molecular weight excluding hydrogens is 382 g/mol. The van der Waals surface area contributed by atoms with Crippen LogP contribution in [0.15, 0.2) is 12.2 Å². The number of allylic oxidation sites excluding steroid dienone is 1. The SMILES string of the molecule is CC(C)N[C@]1(C)CCCC=CCOC(=O)N(C)CC[C@@](C)(C(=O)C(C)C)NCC1=O. The largest absolute Gasteiger partial charge is 0.445 e. The molecule has 0 aromatic rings. The first kappa shape index (κ1) is 26.3. The molecule has 1 aliphatic rings. The minimum absolute atomic E-state index is 0.0274. The molecule has 30 heavy (non-hydrogen) atoms. The molecule has 0 saturated heterocycles. The second-order valence-corrected chi connectivity index (χ2v) is 9.37. The Morgan fingerprint density at radius 2 is 1.83 bits per heavy atom. The Balaban J connectivity index is 3.13. The van der Waals surface area contributed by atoms with Gasteiger partial charge in [-0.1, -0.05) is 26.0 Å². The average molecular weight is 424 g/mol. The maximum absolute atomic E-state index is 13.2. The minimum atomic E-state index is -0.909. The predicted octanol–water partition coefficient (Wildman–Crippen LogP) is 3.08. The quantitative estimate of drug-likeness (QED) is 0.676. The standard InChI is InChI=1S/C23H41N3O4/c1-17(2)20(28)23(6)13-14-26(7)21(29)30-15-11-9-8-10-12-22(5,25-18(3)4)19(27)16-24-23/h9,11,17-18,24-25H,8,10,12-16H2,1-7H3/t22-,23+/m1/s1. The van der Waals surface area contributed by atoms with Gasteiger partial charge in [-0.05, 0) is 53.4 Å². The van der Waals surface area contributed by atoms with E-state index in [9.17, 15) is 14.4 Å². The highest BCUT2D eigenvalue weighted by Gasteiger charge is 2.38. The van der Waals surface area contributed by atoms with Gasteiger partial charge in [-0.25, -0.2) is 4.79 Å². The molecule has 1 rings (SSSR count). The number of cyclic esters (lactones) is 1. The normalized spacial score (nSPS) is 28.1. The van der Waals surface area contributed by atoms with Crippen molar-refractivity contribution < 1.29 is 19.1 Å². The Morgan fingerprint density at radius 1 is 1.17 bits per heavy atom. The first-order valence-corrected chi connectivity index (χ1v) is 11.0. The monoisotopic (exact) mass is 423 g/mol. The van der Waals surface area contributed by atoms with E-state index in [1.54, 1.807) is 7.05 Å². The van der Waals surface area contributed by atoms with Gasteiger partial charge in [0.05, 0.1) is 17.6 Å². The van der Waals surface area contributed by atoms with Gasteiger partial charge in [0.2, 0.25) is 0 Å². The van der Waals surface area contributed by atoms with Gasteiger partial charge >= 0.3 is 6.09 Å². The van der Waals surface area contributed by atoms with Gasteiger partial charge in [-0.2, -0.15) is 0 Å². The third kappa shape index (κ3) is 7.84. The number of hydrogen-bond donors (Lipinski definition) is 2. The number of rotatable bonds is 4. The number of amides is 1. The van der Waals surface area contributed by atoms with Crippen LogP contribution in [0.3, 0.4) is 0 Å². The van der Waals surface area contributed by atoms with Crippen LogP contribution in [0.5, 0.6) is 0 Å². The summed E-state index contributed by atoms with van der Waals surface area (Å²) in [7, 11) is 1.66. The molecule has 1 amide bonds. The van der Waals surface area contributed by atoms with Crippen molar-refractivity contribution >= 4 is 17.7 Å². The molecule has 0 aromatic carbocycles. The maximum atomic E-state index is 13.2. The van der Waals surface area contributed by atoms with Crippen LogP contribution in [-0.4, -0.2) is 66.4 Å². The van der Waals surface area contributed by atoms with E-state index in [-0.39, 0.29) is 36.7 Å². The molecule has 0 spiro atoms. The van der Waals surface area contributed by atoms with Crippen molar-refractivity contribution in [3.8, 4) is 0 Å². The molecule has 0 aliphatic carbocycles. The fourth-order valence-electron chi connectivity index (χ4n) is 3.81. The van der Waals surface area contributed by atoms with Crippen LogP contribution in [-0.2, 0) is 14.3 Å². The molecule has 0 radical (unpaired) electrons. The molecule has 7 heteroatoms. The van der Waals surface area contributed by atoms with Crippen LogP contribution >= 0.6 is 0 Å². The number of hydrogen-bond acceptors (Lipinski definition) is 6. The van der Waals surface area contributed by atoms with Gasteiger partial charge in [0.25, 0.3) is 0 Å². The highest BCUT2D eigenvalue weighted by atomic mass is 16.6. The molecule has 1 aliphatic heterocycles. The van der Waals surface area contributed by atoms with Crippen LogP contribution in [0.25, 0.3) is 0 Å². The Hall–Kier alpha value is -1.73. The molecule has 0 fully saturated rings. The van der Waals surface area contributed by atoms with E-state index in [0.29, 0.717) is 19.4 Å². The molecule has 172 valence electrons. The average Bonchev–Trinajstić information content (AvgIpc) is 2.67. The van der Waals surface area contributed by atoms with Crippen molar-refractivity contribution in [2.24, 2.45) is 5.92 Å². The van der Waals surface area contributed by atoms with Crippen molar-refractivity contribution in [2.45, 2.75) is 84.3 Å². The zero-order valence-electron chi connectivity index (χ0n) is 19.8. The van der Waals surface area contributed by atoms with Crippen molar-refractivity contribution in [1.29, 1.82) is 0 Å². The lowest BCUT2D eigenvalue weighted by Gasteiger charge is -2.36. The van der Waals surface area contributed by atoms with Crippen LogP contribution in [0.4, 0.5) is 4.79 Å². The van der Waals surface area contributed by atoms with E-state index in [1.165, 1.54) is 4.90 Å². The third-order valence-electron chi connectivity index (χ3n) is 5.71. The van der Waals surface area contributed by atoms with Gasteiger partial charge in [-0.3, -0.25) is 14.9 Å². The summed E-state index contributed by atoms with van der Waals surface area (Å²) in [4.78, 5) is 39.8. The molecular formula is C23H41N3O4. The van der Waals surface area contributed by atoms with E-state index < -0.39 is 17.2 Å². The summed E-state index contributed by atoms with van der Waals surface area (Å²) in [6, 6.07) is 0.164. The summed E-state index contributed by atoms with van der Waals surface area (Å²) in [5.74, 6) is -0.117. The molecule has 2 N–H and O–H groups in total. The lowest BCUT2D eigenvalue weighted by atomic mass is 9.84. The lowest BCUT2D eigenvalue weighted by molar-refractivity contribution is -0.129. The number of carbonyl (C=O) groups is 3. The lowest BCUT2D eigenvalue weighted by Crippen LogP contribution is -2.59. The summed E-state index contributed by atoms with van der Waals surface area (Å²) in [5, 5.41) is 6.67. The first-order valence-electron chi connectivity index (χ1n) is 11.0. The molecule has 7 nitrogen and oxygen atoms in total. The minimum Gasteiger partial charge on any atom is -0.445 e. The van der Waals surface area contributed by atoms with Crippen LogP contribution < -0.4 is 10.6 Å². The molecule has 0 bridgehead atoms. The molecule has 1 heterocycles. The van der Waals surface area contributed by atoms with E-state index in [2.05, 4.69) is 10.6 Å². The predicted molar refractivity (Wildman–Crippen MR) is 120 cm³/mol. The van der Waals surface area contributed by atoms with Gasteiger partial charge < -0.3 is 15.0 Å². The number of nitrogens with one attached hydrogen (secondary N) is 2. The van der Waals surface area contributed by atoms with E-state index >= 15 is 0 Å². The maximum Gasteiger partial charge on any atom is 0.409 e. The zero-order valence-corrected chi connectivity index (χ0v) is 19.8. The fraction of sp³-hybridized carbons (Fsp3) is 0.783. The molecule has 2 atom stereocenters. The second kappa shape index (κ2) is 11.6. The third-order valence-corrected chi connectivity index (χ3v) is 5.71. The second-order valence-electron chi connectivity index (χ2n) is 9.37. The van der Waals surface area contributed by atoms with Crippen molar-refractivity contribution in [2.75, 3.05) is 26.7 Å². The number of ether oxygens (including phenoxy) is 1. The fourth-order valence-corrected chi connectivity index (χ4v) is 3.81. The first-order chi connectivity index (χ1) is 13.9.